The molecule has 3 aromatic heterocycles. The number of aryl methyl sites for hydroxylation is 3. The van der Waals surface area contributed by atoms with Crippen molar-refractivity contribution in [2.45, 2.75) is 20.0 Å². The molecule has 0 unspecified atom stereocenters. The maximum atomic E-state index is 14.9. The summed E-state index contributed by atoms with van der Waals surface area (Å²) in [4.78, 5) is 16.3. The van der Waals surface area contributed by atoms with Gasteiger partial charge >= 0.3 is 0 Å². The Bertz CT molecular complexity index is 1320. The summed E-state index contributed by atoms with van der Waals surface area (Å²) < 4.78 is 22.6. The number of morpholine rings is 1. The molecule has 7 nitrogen and oxygen atoms in total. The molecule has 0 bridgehead atoms. The molecule has 9 heteroatoms. The summed E-state index contributed by atoms with van der Waals surface area (Å²) in [6.07, 6.45) is 3.59. The van der Waals surface area contributed by atoms with Crippen molar-refractivity contribution in [3.8, 4) is 11.3 Å². The largest absolute Gasteiger partial charge is 0.370 e. The predicted octanol–water partition coefficient (Wildman–Crippen LogP) is 4.41. The molecular formula is C23H22ClFN6O. The second-order valence-corrected chi connectivity index (χ2v) is 8.45. The van der Waals surface area contributed by atoms with Crippen LogP contribution in [0.2, 0.25) is 5.02 Å². The Hall–Kier alpha value is -3.10. The molecule has 1 atom stereocenters. The van der Waals surface area contributed by atoms with E-state index < -0.39 is 5.82 Å². The number of ether oxygens (including phenoxy) is 1. The first-order valence-electron chi connectivity index (χ1n) is 10.4. The second kappa shape index (κ2) is 8.11. The van der Waals surface area contributed by atoms with E-state index in [1.807, 2.05) is 33.2 Å². The standard InChI is InChI=1S/C23H22ClFN6O/c1-13-8-18-21(17-5-4-16(24)9-19(17)25)28-23(29-22(18)27-14(13)2)31-6-7-32-20(12-31)15-10-26-30(3)11-15/h4-5,8-11,20H,6-7,12H2,1-3H3/t20-/m1/s1. The van der Waals surface area contributed by atoms with E-state index in [0.29, 0.717) is 53.0 Å². The number of fused-ring (bicyclic) bond motifs is 1. The molecule has 4 heterocycles. The van der Waals surface area contributed by atoms with Crippen molar-refractivity contribution in [2.24, 2.45) is 7.05 Å². The van der Waals surface area contributed by atoms with Crippen LogP contribution in [-0.4, -0.2) is 44.4 Å². The summed E-state index contributed by atoms with van der Waals surface area (Å²) in [6, 6.07) is 6.57. The highest BCUT2D eigenvalue weighted by atomic mass is 35.5. The first-order valence-corrected chi connectivity index (χ1v) is 10.7. The van der Waals surface area contributed by atoms with Gasteiger partial charge < -0.3 is 9.64 Å². The molecule has 1 saturated heterocycles. The molecule has 4 aromatic rings. The highest BCUT2D eigenvalue weighted by Crippen LogP contribution is 2.33. The number of anilines is 1. The van der Waals surface area contributed by atoms with Crippen molar-refractivity contribution in [3.63, 3.8) is 0 Å². The molecule has 0 radical (unpaired) electrons. The minimum absolute atomic E-state index is 0.153. The molecule has 32 heavy (non-hydrogen) atoms. The molecule has 1 fully saturated rings. The van der Waals surface area contributed by atoms with E-state index in [1.165, 1.54) is 6.07 Å². The Balaban J connectivity index is 1.62. The molecule has 0 amide bonds. The van der Waals surface area contributed by atoms with E-state index in [-0.39, 0.29) is 6.10 Å². The third kappa shape index (κ3) is 3.80. The Morgan fingerprint density at radius 1 is 1.16 bits per heavy atom. The summed E-state index contributed by atoms with van der Waals surface area (Å²) in [5.74, 6) is 0.0617. The lowest BCUT2D eigenvalue weighted by Crippen LogP contribution is -2.39. The van der Waals surface area contributed by atoms with Crippen LogP contribution in [0.4, 0.5) is 10.3 Å². The number of hydrogen-bond acceptors (Lipinski definition) is 6. The van der Waals surface area contributed by atoms with Gasteiger partial charge in [0, 0.05) is 47.0 Å². The molecule has 1 aliphatic heterocycles. The average molecular weight is 453 g/mol. The number of rotatable bonds is 3. The maximum Gasteiger partial charge on any atom is 0.228 e. The smallest absolute Gasteiger partial charge is 0.228 e. The first-order chi connectivity index (χ1) is 15.4. The van der Waals surface area contributed by atoms with Gasteiger partial charge in [0.1, 0.15) is 11.9 Å². The summed E-state index contributed by atoms with van der Waals surface area (Å²) in [7, 11) is 1.87. The fourth-order valence-corrected chi connectivity index (χ4v) is 4.06. The fourth-order valence-electron chi connectivity index (χ4n) is 3.90. The number of benzene rings is 1. The monoisotopic (exact) mass is 452 g/mol. The molecule has 0 saturated carbocycles. The van der Waals surface area contributed by atoms with E-state index in [0.717, 1.165) is 16.8 Å². The quantitative estimate of drug-likeness (QED) is 0.458. The van der Waals surface area contributed by atoms with Gasteiger partial charge in [-0.3, -0.25) is 4.68 Å². The summed E-state index contributed by atoms with van der Waals surface area (Å²) in [5.41, 5.74) is 4.26. The molecule has 1 aliphatic rings. The lowest BCUT2D eigenvalue weighted by Gasteiger charge is -2.32. The van der Waals surface area contributed by atoms with Gasteiger partial charge in [-0.05, 0) is 43.7 Å². The SMILES string of the molecule is Cc1cc2c(-c3ccc(Cl)cc3F)nc(N3CCO[C@@H](c4cnn(C)c4)C3)nc2nc1C. The lowest BCUT2D eigenvalue weighted by molar-refractivity contribution is 0.0392. The minimum Gasteiger partial charge on any atom is -0.370 e. The molecule has 164 valence electrons. The lowest BCUT2D eigenvalue weighted by atomic mass is 10.1. The number of hydrogen-bond donors (Lipinski definition) is 0. The highest BCUT2D eigenvalue weighted by molar-refractivity contribution is 6.30. The molecule has 0 spiro atoms. The summed E-state index contributed by atoms with van der Waals surface area (Å²) in [5, 5.41) is 5.28. The third-order valence-electron chi connectivity index (χ3n) is 5.75. The van der Waals surface area contributed by atoms with Gasteiger partial charge in [-0.1, -0.05) is 11.6 Å². The van der Waals surface area contributed by atoms with E-state index >= 15 is 0 Å². The van der Waals surface area contributed by atoms with Crippen LogP contribution in [0, 0.1) is 19.7 Å². The predicted molar refractivity (Wildman–Crippen MR) is 121 cm³/mol. The van der Waals surface area contributed by atoms with Gasteiger partial charge in [-0.25, -0.2) is 14.4 Å². The Kier molecular flexibility index (Phi) is 5.27. The molecule has 0 N–H and O–H groups in total. The highest BCUT2D eigenvalue weighted by Gasteiger charge is 2.26. The van der Waals surface area contributed by atoms with Gasteiger partial charge in [-0.15, -0.1) is 0 Å². The Morgan fingerprint density at radius 2 is 2.00 bits per heavy atom. The van der Waals surface area contributed by atoms with Crippen molar-refractivity contribution < 1.29 is 9.13 Å². The van der Waals surface area contributed by atoms with Gasteiger partial charge in [0.15, 0.2) is 5.65 Å². The Morgan fingerprint density at radius 3 is 2.75 bits per heavy atom. The Labute approximate surface area is 189 Å². The van der Waals surface area contributed by atoms with Crippen LogP contribution in [0.15, 0.2) is 36.7 Å². The van der Waals surface area contributed by atoms with Crippen molar-refractivity contribution in [1.82, 2.24) is 24.7 Å². The molecule has 0 aliphatic carbocycles. The zero-order chi connectivity index (χ0) is 22.4. The van der Waals surface area contributed by atoms with Crippen molar-refractivity contribution >= 4 is 28.6 Å². The van der Waals surface area contributed by atoms with Crippen molar-refractivity contribution in [2.75, 3.05) is 24.6 Å². The van der Waals surface area contributed by atoms with Crippen molar-refractivity contribution in [3.05, 3.63) is 64.3 Å². The fraction of sp³-hybridized carbons (Fsp3) is 0.304. The van der Waals surface area contributed by atoms with Gasteiger partial charge in [0.2, 0.25) is 5.95 Å². The number of halogens is 2. The van der Waals surface area contributed by atoms with Gasteiger partial charge in [0.25, 0.3) is 0 Å². The second-order valence-electron chi connectivity index (χ2n) is 8.01. The van der Waals surface area contributed by atoms with Crippen LogP contribution in [-0.2, 0) is 11.8 Å². The number of nitrogens with zero attached hydrogens (tertiary/aromatic N) is 6. The van der Waals surface area contributed by atoms with Gasteiger partial charge in [0.05, 0.1) is 25.0 Å². The van der Waals surface area contributed by atoms with Gasteiger partial charge in [-0.2, -0.15) is 10.1 Å². The zero-order valence-corrected chi connectivity index (χ0v) is 18.8. The van der Waals surface area contributed by atoms with Crippen LogP contribution in [0.5, 0.6) is 0 Å². The van der Waals surface area contributed by atoms with E-state index in [9.17, 15) is 4.39 Å². The number of pyridine rings is 1. The van der Waals surface area contributed by atoms with Crippen molar-refractivity contribution in [1.29, 1.82) is 0 Å². The third-order valence-corrected chi connectivity index (χ3v) is 5.99. The van der Waals surface area contributed by atoms with Crippen LogP contribution in [0.3, 0.4) is 0 Å². The summed E-state index contributed by atoms with van der Waals surface area (Å²) >= 11 is 5.98. The van der Waals surface area contributed by atoms with E-state index in [2.05, 4.69) is 15.0 Å². The maximum absolute atomic E-state index is 14.9. The summed E-state index contributed by atoms with van der Waals surface area (Å²) in [6.45, 7) is 5.61. The van der Waals surface area contributed by atoms with E-state index in [1.54, 1.807) is 23.0 Å². The number of aromatic nitrogens is 5. The zero-order valence-electron chi connectivity index (χ0n) is 18.0. The average Bonchev–Trinajstić information content (AvgIpc) is 3.21. The molecule has 1 aromatic carbocycles. The first kappa shape index (κ1) is 20.8. The van der Waals surface area contributed by atoms with Crippen LogP contribution < -0.4 is 4.90 Å². The van der Waals surface area contributed by atoms with E-state index in [4.69, 9.17) is 26.3 Å². The van der Waals surface area contributed by atoms with Crippen LogP contribution in [0.25, 0.3) is 22.3 Å². The molecular weight excluding hydrogens is 431 g/mol. The molecule has 5 rings (SSSR count). The van der Waals surface area contributed by atoms with Crippen LogP contribution >= 0.6 is 11.6 Å². The van der Waals surface area contributed by atoms with Crippen LogP contribution in [0.1, 0.15) is 22.9 Å². The topological polar surface area (TPSA) is 69.0 Å². The normalized spacial score (nSPS) is 16.7. The minimum atomic E-state index is -0.433.